The molecule has 3 rings (SSSR count). The van der Waals surface area contributed by atoms with Crippen molar-refractivity contribution in [1.29, 1.82) is 0 Å². The number of nitrogens with one attached hydrogen (secondary N) is 2. The molecule has 0 saturated carbocycles. The summed E-state index contributed by atoms with van der Waals surface area (Å²) in [5, 5.41) is 5.58. The van der Waals surface area contributed by atoms with Crippen LogP contribution in [0.1, 0.15) is 33.6 Å². The molecule has 176 valence electrons. The van der Waals surface area contributed by atoms with Gasteiger partial charge in [0.25, 0.3) is 11.8 Å². The molecular formula is C24H29N3O6. The molecule has 1 atom stereocenters. The van der Waals surface area contributed by atoms with Crippen LogP contribution in [0.2, 0.25) is 0 Å². The molecule has 3 amide bonds. The maximum Gasteiger partial charge on any atom is 0.254 e. The lowest BCUT2D eigenvalue weighted by Crippen LogP contribution is -2.47. The Hall–Kier alpha value is -3.75. The Bertz CT molecular complexity index is 970. The van der Waals surface area contributed by atoms with Crippen molar-refractivity contribution in [2.24, 2.45) is 0 Å². The molecule has 2 N–H and O–H groups in total. The molecule has 0 spiro atoms. The van der Waals surface area contributed by atoms with E-state index in [0.717, 1.165) is 6.42 Å². The summed E-state index contributed by atoms with van der Waals surface area (Å²) in [6.45, 7) is 1.02. The average Bonchev–Trinajstić information content (AvgIpc) is 3.35. The third-order valence-corrected chi connectivity index (χ3v) is 5.48. The third-order valence-electron chi connectivity index (χ3n) is 5.48. The van der Waals surface area contributed by atoms with E-state index < -0.39 is 6.04 Å². The highest BCUT2D eigenvalue weighted by Crippen LogP contribution is 2.26. The molecule has 1 aliphatic rings. The van der Waals surface area contributed by atoms with E-state index in [1.807, 2.05) is 0 Å². The second-order valence-corrected chi connectivity index (χ2v) is 7.53. The Morgan fingerprint density at radius 3 is 2.06 bits per heavy atom. The monoisotopic (exact) mass is 455 g/mol. The number of nitrogens with zero attached hydrogens (tertiary/aromatic N) is 1. The first kappa shape index (κ1) is 23.9. The zero-order valence-corrected chi connectivity index (χ0v) is 19.1. The van der Waals surface area contributed by atoms with Crippen molar-refractivity contribution in [2.45, 2.75) is 18.9 Å². The number of ether oxygens (including phenoxy) is 3. The fourth-order valence-electron chi connectivity index (χ4n) is 3.70. The topological polar surface area (TPSA) is 106 Å². The third kappa shape index (κ3) is 5.94. The highest BCUT2D eigenvalue weighted by molar-refractivity contribution is 5.98. The maximum absolute atomic E-state index is 13.1. The van der Waals surface area contributed by atoms with Gasteiger partial charge in [0.15, 0.2) is 0 Å². The molecule has 1 saturated heterocycles. The van der Waals surface area contributed by atoms with Crippen molar-refractivity contribution < 1.29 is 28.6 Å². The summed E-state index contributed by atoms with van der Waals surface area (Å²) in [5.41, 5.74) is 0.904. The molecule has 0 unspecified atom stereocenters. The van der Waals surface area contributed by atoms with Gasteiger partial charge in [0.05, 0.1) is 21.3 Å². The molecule has 1 heterocycles. The minimum Gasteiger partial charge on any atom is -0.497 e. The molecule has 2 aromatic carbocycles. The second kappa shape index (κ2) is 11.2. The largest absolute Gasteiger partial charge is 0.497 e. The Balaban J connectivity index is 1.53. The molecule has 1 fully saturated rings. The molecule has 2 aromatic rings. The summed E-state index contributed by atoms with van der Waals surface area (Å²) in [4.78, 5) is 39.6. The summed E-state index contributed by atoms with van der Waals surface area (Å²) in [5.74, 6) is 0.946. The number of rotatable bonds is 9. The van der Waals surface area contributed by atoms with E-state index in [1.54, 1.807) is 54.5 Å². The molecule has 33 heavy (non-hydrogen) atoms. The van der Waals surface area contributed by atoms with E-state index in [4.69, 9.17) is 14.2 Å². The van der Waals surface area contributed by atoms with Gasteiger partial charge >= 0.3 is 0 Å². The van der Waals surface area contributed by atoms with Crippen LogP contribution in [0.25, 0.3) is 0 Å². The lowest BCUT2D eigenvalue weighted by atomic mass is 10.1. The van der Waals surface area contributed by atoms with E-state index in [9.17, 15) is 14.4 Å². The molecule has 0 radical (unpaired) electrons. The number of amides is 3. The summed E-state index contributed by atoms with van der Waals surface area (Å²) < 4.78 is 15.6. The van der Waals surface area contributed by atoms with Gasteiger partial charge < -0.3 is 29.7 Å². The van der Waals surface area contributed by atoms with E-state index in [2.05, 4.69) is 10.6 Å². The highest BCUT2D eigenvalue weighted by atomic mass is 16.5. The number of hydrogen-bond donors (Lipinski definition) is 2. The van der Waals surface area contributed by atoms with Gasteiger partial charge in [-0.15, -0.1) is 0 Å². The van der Waals surface area contributed by atoms with Crippen LogP contribution in [0.4, 0.5) is 0 Å². The van der Waals surface area contributed by atoms with Crippen molar-refractivity contribution in [3.05, 3.63) is 53.6 Å². The predicted octanol–water partition coefficient (Wildman–Crippen LogP) is 1.86. The molecule has 0 aliphatic carbocycles. The van der Waals surface area contributed by atoms with E-state index in [0.29, 0.717) is 41.3 Å². The fourth-order valence-corrected chi connectivity index (χ4v) is 3.70. The van der Waals surface area contributed by atoms with Crippen LogP contribution in [0, 0.1) is 0 Å². The van der Waals surface area contributed by atoms with Gasteiger partial charge in [-0.25, -0.2) is 0 Å². The van der Waals surface area contributed by atoms with Crippen molar-refractivity contribution in [3.8, 4) is 17.2 Å². The van der Waals surface area contributed by atoms with Crippen molar-refractivity contribution in [2.75, 3.05) is 41.0 Å². The quantitative estimate of drug-likeness (QED) is 0.559. The van der Waals surface area contributed by atoms with Gasteiger partial charge in [0.2, 0.25) is 5.91 Å². The number of hydrogen-bond acceptors (Lipinski definition) is 6. The summed E-state index contributed by atoms with van der Waals surface area (Å²) in [6, 6.07) is 11.1. The molecule has 0 bridgehead atoms. The number of methoxy groups -OCH3 is 3. The first-order valence-electron chi connectivity index (χ1n) is 10.7. The van der Waals surface area contributed by atoms with Gasteiger partial charge in [-0.1, -0.05) is 0 Å². The van der Waals surface area contributed by atoms with Crippen molar-refractivity contribution in [1.82, 2.24) is 15.5 Å². The molecular weight excluding hydrogens is 426 g/mol. The van der Waals surface area contributed by atoms with E-state index in [-0.39, 0.29) is 30.8 Å². The molecule has 9 nitrogen and oxygen atoms in total. The second-order valence-electron chi connectivity index (χ2n) is 7.53. The summed E-state index contributed by atoms with van der Waals surface area (Å²) in [6.07, 6.45) is 1.32. The SMILES string of the molecule is COc1ccc(C(=O)NCCNC(=O)[C@@H]2CCCN2C(=O)c2cc(OC)cc(OC)c2)cc1. The summed E-state index contributed by atoms with van der Waals surface area (Å²) >= 11 is 0. The van der Waals surface area contributed by atoms with E-state index >= 15 is 0 Å². The van der Waals surface area contributed by atoms with Gasteiger partial charge in [-0.2, -0.15) is 0 Å². The lowest BCUT2D eigenvalue weighted by molar-refractivity contribution is -0.124. The van der Waals surface area contributed by atoms with Crippen LogP contribution in [0.15, 0.2) is 42.5 Å². The fraction of sp³-hybridized carbons (Fsp3) is 0.375. The van der Waals surface area contributed by atoms with Crippen LogP contribution in [-0.2, 0) is 4.79 Å². The molecule has 1 aliphatic heterocycles. The van der Waals surface area contributed by atoms with Crippen LogP contribution in [-0.4, -0.2) is 69.6 Å². The Labute approximate surface area is 193 Å². The number of carbonyl (C=O) groups excluding carboxylic acids is 3. The van der Waals surface area contributed by atoms with Gasteiger partial charge in [-0.05, 0) is 49.2 Å². The van der Waals surface area contributed by atoms with Crippen LogP contribution in [0.5, 0.6) is 17.2 Å². The number of benzene rings is 2. The lowest BCUT2D eigenvalue weighted by Gasteiger charge is -2.24. The predicted molar refractivity (Wildman–Crippen MR) is 122 cm³/mol. The van der Waals surface area contributed by atoms with Gasteiger partial charge in [-0.3, -0.25) is 14.4 Å². The van der Waals surface area contributed by atoms with Gasteiger partial charge in [0, 0.05) is 36.8 Å². The smallest absolute Gasteiger partial charge is 0.254 e. The minimum atomic E-state index is -0.563. The first-order valence-corrected chi connectivity index (χ1v) is 10.7. The van der Waals surface area contributed by atoms with Gasteiger partial charge in [0.1, 0.15) is 23.3 Å². The first-order chi connectivity index (χ1) is 16.0. The Morgan fingerprint density at radius 1 is 0.848 bits per heavy atom. The van der Waals surface area contributed by atoms with Crippen LogP contribution in [0.3, 0.4) is 0 Å². The minimum absolute atomic E-state index is 0.239. The molecule has 0 aromatic heterocycles. The Kier molecular flexibility index (Phi) is 8.12. The van der Waals surface area contributed by atoms with Crippen LogP contribution < -0.4 is 24.8 Å². The standard InChI is InChI=1S/C24H29N3O6/c1-31-18-8-6-16(7-9-18)22(28)25-10-11-26-23(29)21-5-4-12-27(21)24(30)17-13-19(32-2)15-20(14-17)33-3/h6-9,13-15,21H,4-5,10-12H2,1-3H3,(H,25,28)(H,26,29)/t21-/m0/s1. The number of likely N-dealkylation sites (tertiary alicyclic amines) is 1. The number of carbonyl (C=O) groups is 3. The zero-order valence-electron chi connectivity index (χ0n) is 19.1. The van der Waals surface area contributed by atoms with Crippen LogP contribution >= 0.6 is 0 Å². The zero-order chi connectivity index (χ0) is 23.8. The van der Waals surface area contributed by atoms with E-state index in [1.165, 1.54) is 14.2 Å². The Morgan fingerprint density at radius 2 is 1.45 bits per heavy atom. The normalized spacial score (nSPS) is 15.0. The average molecular weight is 456 g/mol. The van der Waals surface area contributed by atoms with Crippen molar-refractivity contribution >= 4 is 17.7 Å². The maximum atomic E-state index is 13.1. The molecule has 9 heteroatoms. The summed E-state index contributed by atoms with van der Waals surface area (Å²) in [7, 11) is 4.59. The highest BCUT2D eigenvalue weighted by Gasteiger charge is 2.34. The van der Waals surface area contributed by atoms with Crippen molar-refractivity contribution in [3.63, 3.8) is 0 Å².